The Hall–Kier alpha value is -2.02. The normalized spacial score (nSPS) is 10.6. The van der Waals surface area contributed by atoms with Crippen LogP contribution in [0, 0.1) is 0 Å². The van der Waals surface area contributed by atoms with Crippen LogP contribution in [-0.2, 0) is 4.79 Å². The molecule has 2 aromatic carbocycles. The Kier molecular flexibility index (Phi) is 5.96. The van der Waals surface area contributed by atoms with Gasteiger partial charge in [0, 0.05) is 22.8 Å². The highest BCUT2D eigenvalue weighted by Crippen LogP contribution is 2.26. The van der Waals surface area contributed by atoms with Crippen molar-refractivity contribution in [1.29, 1.82) is 0 Å². The maximum Gasteiger partial charge on any atom is 0.276 e. The fourth-order valence-corrected chi connectivity index (χ4v) is 3.08. The number of rotatable bonds is 6. The average Bonchev–Trinajstić information content (AvgIpc) is 3.06. The molecule has 25 heavy (non-hydrogen) atoms. The third kappa shape index (κ3) is 4.98. The fraction of sp³-hybridized carbons (Fsp3) is 0.118. The third-order valence-electron chi connectivity index (χ3n) is 3.18. The molecule has 0 radical (unpaired) electrons. The molecular formula is C17H13Cl2N3O2S. The van der Waals surface area contributed by atoms with Crippen molar-refractivity contribution in [2.45, 2.75) is 11.6 Å². The van der Waals surface area contributed by atoms with E-state index in [-0.39, 0.29) is 5.91 Å². The van der Waals surface area contributed by atoms with Crippen LogP contribution in [0.15, 0.2) is 58.2 Å². The summed E-state index contributed by atoms with van der Waals surface area (Å²) >= 11 is 13.3. The summed E-state index contributed by atoms with van der Waals surface area (Å²) in [6.45, 7) is 0. The number of para-hydroxylation sites is 1. The van der Waals surface area contributed by atoms with Crippen molar-refractivity contribution in [2.75, 3.05) is 11.1 Å². The first-order chi connectivity index (χ1) is 12.1. The number of nitrogens with one attached hydrogen (secondary N) is 1. The quantitative estimate of drug-likeness (QED) is 0.585. The molecule has 0 spiro atoms. The molecule has 1 aromatic heterocycles. The van der Waals surface area contributed by atoms with Crippen LogP contribution in [0.5, 0.6) is 0 Å². The van der Waals surface area contributed by atoms with Crippen LogP contribution >= 0.6 is 35.0 Å². The topological polar surface area (TPSA) is 68.0 Å². The molecular weight excluding hydrogens is 381 g/mol. The fourth-order valence-electron chi connectivity index (χ4n) is 2.01. The maximum atomic E-state index is 12.0. The Bertz CT molecular complexity index is 886. The van der Waals surface area contributed by atoms with Crippen molar-refractivity contribution in [3.05, 3.63) is 58.6 Å². The molecule has 1 heterocycles. The SMILES string of the molecule is O=C(CCSc1nnc(-c2cccc(Cl)c2)o1)Nc1ccccc1Cl. The summed E-state index contributed by atoms with van der Waals surface area (Å²) in [6.07, 6.45) is 0.296. The number of thioether (sulfide) groups is 1. The van der Waals surface area contributed by atoms with Crippen LogP contribution < -0.4 is 5.32 Å². The number of carbonyl (C=O) groups excluding carboxylic acids is 1. The Balaban J connectivity index is 1.51. The Morgan fingerprint density at radius 3 is 2.76 bits per heavy atom. The molecule has 128 valence electrons. The zero-order chi connectivity index (χ0) is 17.6. The summed E-state index contributed by atoms with van der Waals surface area (Å²) in [5, 5.41) is 12.2. The van der Waals surface area contributed by atoms with E-state index >= 15 is 0 Å². The minimum Gasteiger partial charge on any atom is -0.411 e. The molecule has 0 saturated heterocycles. The Morgan fingerprint density at radius 2 is 1.96 bits per heavy atom. The summed E-state index contributed by atoms with van der Waals surface area (Å²) in [5.74, 6) is 0.772. The van der Waals surface area contributed by atoms with Crippen LogP contribution in [0.2, 0.25) is 10.0 Å². The van der Waals surface area contributed by atoms with E-state index in [9.17, 15) is 4.79 Å². The maximum absolute atomic E-state index is 12.0. The Labute approximate surface area is 158 Å². The lowest BCUT2D eigenvalue weighted by molar-refractivity contribution is -0.115. The molecule has 0 aliphatic heterocycles. The average molecular weight is 394 g/mol. The second-order valence-corrected chi connectivity index (χ2v) is 6.90. The van der Waals surface area contributed by atoms with Crippen molar-refractivity contribution in [3.63, 3.8) is 0 Å². The summed E-state index contributed by atoms with van der Waals surface area (Å²) in [6, 6.07) is 14.3. The van der Waals surface area contributed by atoms with Gasteiger partial charge in [-0.25, -0.2) is 0 Å². The molecule has 1 N–H and O–H groups in total. The van der Waals surface area contributed by atoms with Crippen molar-refractivity contribution in [1.82, 2.24) is 10.2 Å². The molecule has 8 heteroatoms. The van der Waals surface area contributed by atoms with Crippen LogP contribution in [-0.4, -0.2) is 21.9 Å². The minimum absolute atomic E-state index is 0.129. The van der Waals surface area contributed by atoms with E-state index in [1.54, 1.807) is 30.3 Å². The number of hydrogen-bond acceptors (Lipinski definition) is 5. The molecule has 0 aliphatic rings. The first-order valence-corrected chi connectivity index (χ1v) is 9.12. The van der Waals surface area contributed by atoms with Gasteiger partial charge in [-0.3, -0.25) is 4.79 Å². The van der Waals surface area contributed by atoms with Crippen LogP contribution in [0.25, 0.3) is 11.5 Å². The molecule has 0 aliphatic carbocycles. The van der Waals surface area contributed by atoms with Gasteiger partial charge < -0.3 is 9.73 Å². The number of anilines is 1. The van der Waals surface area contributed by atoms with Gasteiger partial charge in [-0.15, -0.1) is 10.2 Å². The van der Waals surface area contributed by atoms with Crippen LogP contribution in [0.4, 0.5) is 5.69 Å². The van der Waals surface area contributed by atoms with Gasteiger partial charge in [-0.1, -0.05) is 53.2 Å². The standard InChI is InChI=1S/C17H13Cl2N3O2S/c18-12-5-3-4-11(10-12)16-21-22-17(24-16)25-9-8-15(23)20-14-7-2-1-6-13(14)19/h1-7,10H,8-9H2,(H,20,23). The van der Waals surface area contributed by atoms with Crippen LogP contribution in [0.1, 0.15) is 6.42 Å². The predicted octanol–water partition coefficient (Wildman–Crippen LogP) is 5.16. The molecule has 0 atom stereocenters. The number of carbonyl (C=O) groups is 1. The van der Waals surface area contributed by atoms with Gasteiger partial charge in [-0.2, -0.15) is 0 Å². The van der Waals surface area contributed by atoms with Gasteiger partial charge in [-0.05, 0) is 30.3 Å². The van der Waals surface area contributed by atoms with Gasteiger partial charge in [0.15, 0.2) is 0 Å². The molecule has 0 bridgehead atoms. The first-order valence-electron chi connectivity index (χ1n) is 7.38. The number of amides is 1. The largest absolute Gasteiger partial charge is 0.411 e. The van der Waals surface area contributed by atoms with E-state index in [4.69, 9.17) is 27.6 Å². The zero-order valence-electron chi connectivity index (χ0n) is 12.9. The number of aromatic nitrogens is 2. The second kappa shape index (κ2) is 8.38. The van der Waals surface area contributed by atoms with Crippen LogP contribution in [0.3, 0.4) is 0 Å². The lowest BCUT2D eigenvalue weighted by Gasteiger charge is -2.05. The molecule has 0 saturated carbocycles. The number of nitrogens with zero attached hydrogens (tertiary/aromatic N) is 2. The summed E-state index contributed by atoms with van der Waals surface area (Å²) < 4.78 is 5.57. The number of halogens is 2. The first kappa shape index (κ1) is 17.8. The zero-order valence-corrected chi connectivity index (χ0v) is 15.2. The predicted molar refractivity (Wildman–Crippen MR) is 100 cm³/mol. The summed E-state index contributed by atoms with van der Waals surface area (Å²) in [4.78, 5) is 12.0. The summed E-state index contributed by atoms with van der Waals surface area (Å²) in [7, 11) is 0. The van der Waals surface area contributed by atoms with Gasteiger partial charge in [0.1, 0.15) is 0 Å². The third-order valence-corrected chi connectivity index (χ3v) is 4.57. The van der Waals surface area contributed by atoms with E-state index in [0.717, 1.165) is 5.56 Å². The van der Waals surface area contributed by atoms with Crippen molar-refractivity contribution in [2.24, 2.45) is 0 Å². The van der Waals surface area contributed by atoms with E-state index < -0.39 is 0 Å². The Morgan fingerprint density at radius 1 is 1.12 bits per heavy atom. The molecule has 1 amide bonds. The lowest BCUT2D eigenvalue weighted by atomic mass is 10.2. The van der Waals surface area contributed by atoms with Gasteiger partial charge >= 0.3 is 0 Å². The molecule has 5 nitrogen and oxygen atoms in total. The van der Waals surface area contributed by atoms with Gasteiger partial charge in [0.25, 0.3) is 5.22 Å². The van der Waals surface area contributed by atoms with Crippen molar-refractivity contribution >= 4 is 46.6 Å². The number of benzene rings is 2. The minimum atomic E-state index is -0.129. The molecule has 0 fully saturated rings. The van der Waals surface area contributed by atoms with E-state index in [1.807, 2.05) is 18.2 Å². The molecule has 0 unspecified atom stereocenters. The van der Waals surface area contributed by atoms with E-state index in [0.29, 0.717) is 39.0 Å². The highest BCUT2D eigenvalue weighted by Gasteiger charge is 2.11. The second-order valence-electron chi connectivity index (χ2n) is 5.01. The smallest absolute Gasteiger partial charge is 0.276 e. The van der Waals surface area contributed by atoms with E-state index in [1.165, 1.54) is 11.8 Å². The van der Waals surface area contributed by atoms with Gasteiger partial charge in [0.2, 0.25) is 11.8 Å². The molecule has 3 aromatic rings. The lowest BCUT2D eigenvalue weighted by Crippen LogP contribution is -2.12. The highest BCUT2D eigenvalue weighted by atomic mass is 35.5. The van der Waals surface area contributed by atoms with Crippen molar-refractivity contribution < 1.29 is 9.21 Å². The van der Waals surface area contributed by atoms with E-state index in [2.05, 4.69) is 15.5 Å². The number of hydrogen-bond donors (Lipinski definition) is 1. The van der Waals surface area contributed by atoms with Crippen molar-refractivity contribution in [3.8, 4) is 11.5 Å². The summed E-state index contributed by atoms with van der Waals surface area (Å²) in [5.41, 5.74) is 1.35. The highest BCUT2D eigenvalue weighted by molar-refractivity contribution is 7.99. The molecule has 3 rings (SSSR count). The van der Waals surface area contributed by atoms with Gasteiger partial charge in [0.05, 0.1) is 10.7 Å². The monoisotopic (exact) mass is 393 g/mol.